The number of rotatable bonds is 5. The largest absolute Gasteiger partial charge is 0.377 e. The van der Waals surface area contributed by atoms with Crippen LogP contribution >= 0.6 is 0 Å². The van der Waals surface area contributed by atoms with E-state index in [1.54, 1.807) is 4.68 Å². The molecule has 3 aromatic rings. The molecule has 1 aromatic heterocycles. The minimum absolute atomic E-state index is 0.0289. The van der Waals surface area contributed by atoms with Crippen LogP contribution < -0.4 is 10.6 Å². The van der Waals surface area contributed by atoms with Crippen LogP contribution in [-0.4, -0.2) is 27.8 Å². The fourth-order valence-corrected chi connectivity index (χ4v) is 4.07. The summed E-state index contributed by atoms with van der Waals surface area (Å²) < 4.78 is 1.56. The number of nitrogens with zero attached hydrogens (tertiary/aromatic N) is 2. The van der Waals surface area contributed by atoms with E-state index in [0.717, 1.165) is 40.3 Å². The van der Waals surface area contributed by atoms with Crippen LogP contribution in [0.4, 0.5) is 5.82 Å². The van der Waals surface area contributed by atoms with Gasteiger partial charge in [0.1, 0.15) is 11.5 Å². The van der Waals surface area contributed by atoms with E-state index in [0.29, 0.717) is 6.42 Å². The quantitative estimate of drug-likeness (QED) is 0.646. The van der Waals surface area contributed by atoms with Crippen LogP contribution in [0.15, 0.2) is 84.6 Å². The highest BCUT2D eigenvalue weighted by Crippen LogP contribution is 2.39. The van der Waals surface area contributed by atoms with Crippen LogP contribution in [0.2, 0.25) is 0 Å². The molecule has 0 spiro atoms. The first-order chi connectivity index (χ1) is 14.7. The summed E-state index contributed by atoms with van der Waals surface area (Å²) in [7, 11) is 0. The number of nitrogens with one attached hydrogen (secondary N) is 2. The molecule has 30 heavy (non-hydrogen) atoms. The normalized spacial score (nSPS) is 19.3. The van der Waals surface area contributed by atoms with Crippen LogP contribution in [-0.2, 0) is 0 Å². The van der Waals surface area contributed by atoms with Gasteiger partial charge in [-0.2, -0.15) is 9.78 Å². The summed E-state index contributed by atoms with van der Waals surface area (Å²) in [6.45, 7) is 1.87. The van der Waals surface area contributed by atoms with Crippen LogP contribution in [0, 0.1) is 0 Å². The summed E-state index contributed by atoms with van der Waals surface area (Å²) in [6, 6.07) is 20.6. The lowest BCUT2D eigenvalue weighted by atomic mass is 9.98. The number of aromatic nitrogens is 2. The lowest BCUT2D eigenvalue weighted by Crippen LogP contribution is -2.47. The Hall–Kier alpha value is -3.60. The van der Waals surface area contributed by atoms with E-state index >= 15 is 0 Å². The molecule has 2 N–H and O–H groups in total. The SMILES string of the molecule is CCC(=O)n1nc(-c2ccccc2)c(-c2ccccc2)c1N[C@@H]1CC=CC2=CC1N2. The number of hydrogen-bond donors (Lipinski definition) is 2. The zero-order chi connectivity index (χ0) is 20.5. The van der Waals surface area contributed by atoms with Gasteiger partial charge in [-0.15, -0.1) is 0 Å². The maximum atomic E-state index is 12.9. The van der Waals surface area contributed by atoms with E-state index in [9.17, 15) is 4.79 Å². The molecule has 1 unspecified atom stereocenters. The summed E-state index contributed by atoms with van der Waals surface area (Å²) in [4.78, 5) is 12.9. The second kappa shape index (κ2) is 7.67. The van der Waals surface area contributed by atoms with Crippen molar-refractivity contribution in [2.45, 2.75) is 31.8 Å². The van der Waals surface area contributed by atoms with Gasteiger partial charge in [0.25, 0.3) is 0 Å². The Morgan fingerprint density at radius 1 is 1.10 bits per heavy atom. The molecule has 2 bridgehead atoms. The van der Waals surface area contributed by atoms with Gasteiger partial charge in [-0.05, 0) is 24.1 Å². The third-order valence-corrected chi connectivity index (χ3v) is 5.67. The van der Waals surface area contributed by atoms with Gasteiger partial charge in [-0.1, -0.05) is 73.7 Å². The highest BCUT2D eigenvalue weighted by Gasteiger charge is 2.31. The maximum absolute atomic E-state index is 12.9. The van der Waals surface area contributed by atoms with Crippen LogP contribution in [0.5, 0.6) is 0 Å². The summed E-state index contributed by atoms with van der Waals surface area (Å²) in [5, 5.41) is 11.9. The minimum atomic E-state index is -0.0289. The number of anilines is 1. The third-order valence-electron chi connectivity index (χ3n) is 5.67. The Kier molecular flexibility index (Phi) is 4.71. The molecule has 3 heterocycles. The first-order valence-corrected chi connectivity index (χ1v) is 10.4. The van der Waals surface area contributed by atoms with Gasteiger partial charge in [-0.3, -0.25) is 4.79 Å². The molecule has 0 saturated carbocycles. The number of allylic oxidation sites excluding steroid dienone is 1. The van der Waals surface area contributed by atoms with Crippen LogP contribution in [0.3, 0.4) is 0 Å². The molecule has 0 fully saturated rings. The van der Waals surface area contributed by atoms with Crippen molar-refractivity contribution >= 4 is 11.7 Å². The summed E-state index contributed by atoms with van der Waals surface area (Å²) in [5.41, 5.74) is 4.96. The van der Waals surface area contributed by atoms with Gasteiger partial charge < -0.3 is 10.6 Å². The molecule has 2 atom stereocenters. The Labute approximate surface area is 176 Å². The Morgan fingerprint density at radius 2 is 1.77 bits per heavy atom. The lowest BCUT2D eigenvalue weighted by molar-refractivity contribution is 0.0896. The van der Waals surface area contributed by atoms with Gasteiger partial charge in [0, 0.05) is 17.7 Å². The fourth-order valence-electron chi connectivity index (χ4n) is 4.07. The number of fused-ring (bicyclic) bond motifs is 2. The number of hydrogen-bond acceptors (Lipinski definition) is 4. The topological polar surface area (TPSA) is 59.0 Å². The van der Waals surface area contributed by atoms with Gasteiger partial charge in [0.15, 0.2) is 0 Å². The van der Waals surface area contributed by atoms with E-state index < -0.39 is 0 Å². The standard InChI is InChI=1S/C25H24N4O/c1-2-22(30)29-25(27-20-15-9-14-19-16-21(20)26-19)23(17-10-5-3-6-11-17)24(28-29)18-12-7-4-8-13-18/h3-14,16,20-21,26-27H,2,15H2,1H3/t20-,21?/m1/s1. The number of carbonyl (C=O) groups excluding carboxylic acids is 1. The predicted molar refractivity (Wildman–Crippen MR) is 120 cm³/mol. The fraction of sp³-hybridized carbons (Fsp3) is 0.200. The van der Waals surface area contributed by atoms with Gasteiger partial charge in [0.2, 0.25) is 5.91 Å². The molecular weight excluding hydrogens is 372 g/mol. The molecule has 150 valence electrons. The highest BCUT2D eigenvalue weighted by molar-refractivity contribution is 5.94. The van der Waals surface area contributed by atoms with E-state index in [1.165, 1.54) is 0 Å². The van der Waals surface area contributed by atoms with Crippen molar-refractivity contribution in [2.24, 2.45) is 0 Å². The summed E-state index contributed by atoms with van der Waals surface area (Å²) in [6.07, 6.45) is 7.77. The molecule has 0 amide bonds. The van der Waals surface area contributed by atoms with Crippen molar-refractivity contribution in [3.8, 4) is 22.4 Å². The van der Waals surface area contributed by atoms with Crippen LogP contribution in [0.1, 0.15) is 24.6 Å². The number of carbonyl (C=O) groups is 1. The lowest BCUT2D eigenvalue weighted by Gasteiger charge is -2.32. The van der Waals surface area contributed by atoms with Crippen molar-refractivity contribution in [3.05, 3.63) is 84.6 Å². The first kappa shape index (κ1) is 18.4. The van der Waals surface area contributed by atoms with Gasteiger partial charge in [0.05, 0.1) is 17.6 Å². The second-order valence-electron chi connectivity index (χ2n) is 7.64. The second-order valence-corrected chi connectivity index (χ2v) is 7.64. The van der Waals surface area contributed by atoms with E-state index in [1.807, 2.05) is 55.5 Å². The van der Waals surface area contributed by atoms with Crippen molar-refractivity contribution in [1.29, 1.82) is 0 Å². The Balaban J connectivity index is 1.68. The molecule has 5 heteroatoms. The molecule has 0 radical (unpaired) electrons. The summed E-state index contributed by atoms with van der Waals surface area (Å²) >= 11 is 0. The summed E-state index contributed by atoms with van der Waals surface area (Å²) in [5.74, 6) is 0.731. The minimum Gasteiger partial charge on any atom is -0.377 e. The van der Waals surface area contributed by atoms with E-state index in [-0.39, 0.29) is 18.0 Å². The predicted octanol–water partition coefficient (Wildman–Crippen LogP) is 4.86. The molecule has 3 aliphatic rings. The zero-order valence-electron chi connectivity index (χ0n) is 16.9. The molecular formula is C25H24N4O. The van der Waals surface area contributed by atoms with Crippen molar-refractivity contribution < 1.29 is 4.79 Å². The molecule has 6 rings (SSSR count). The van der Waals surface area contributed by atoms with E-state index in [4.69, 9.17) is 5.10 Å². The van der Waals surface area contributed by atoms with Gasteiger partial charge >= 0.3 is 0 Å². The van der Waals surface area contributed by atoms with Crippen molar-refractivity contribution in [2.75, 3.05) is 5.32 Å². The maximum Gasteiger partial charge on any atom is 0.248 e. The van der Waals surface area contributed by atoms with Gasteiger partial charge in [-0.25, -0.2) is 0 Å². The Bertz CT molecular complexity index is 1130. The first-order valence-electron chi connectivity index (χ1n) is 10.4. The average molecular weight is 396 g/mol. The number of benzene rings is 2. The average Bonchev–Trinajstić information content (AvgIpc) is 2.88. The van der Waals surface area contributed by atoms with E-state index in [2.05, 4.69) is 41.0 Å². The zero-order valence-corrected chi connectivity index (χ0v) is 16.9. The smallest absolute Gasteiger partial charge is 0.248 e. The Morgan fingerprint density at radius 3 is 2.43 bits per heavy atom. The van der Waals surface area contributed by atoms with Crippen molar-refractivity contribution in [1.82, 2.24) is 15.1 Å². The monoisotopic (exact) mass is 396 g/mol. The molecule has 2 aliphatic heterocycles. The molecule has 1 aliphatic carbocycles. The van der Waals surface area contributed by atoms with Crippen molar-refractivity contribution in [3.63, 3.8) is 0 Å². The van der Waals surface area contributed by atoms with Crippen LogP contribution in [0.25, 0.3) is 22.4 Å². The molecule has 2 aromatic carbocycles. The molecule has 5 nitrogen and oxygen atoms in total. The molecule has 0 saturated heterocycles. The third kappa shape index (κ3) is 3.22. The highest BCUT2D eigenvalue weighted by atomic mass is 16.2.